The molecule has 3 heterocycles. The van der Waals surface area contributed by atoms with Crippen molar-refractivity contribution in [1.82, 2.24) is 10.2 Å². The first-order chi connectivity index (χ1) is 10.8. The molecular formula is C16H20N2O2S2. The Morgan fingerprint density at radius 1 is 1.36 bits per heavy atom. The number of carbonyl (C=O) groups is 1. The molecule has 22 heavy (non-hydrogen) atoms. The Labute approximate surface area is 138 Å². The van der Waals surface area contributed by atoms with Gasteiger partial charge in [0.1, 0.15) is 5.76 Å². The summed E-state index contributed by atoms with van der Waals surface area (Å²) in [5.41, 5.74) is 1.08. The predicted molar refractivity (Wildman–Crippen MR) is 91.4 cm³/mol. The van der Waals surface area contributed by atoms with Crippen molar-refractivity contribution >= 4 is 29.0 Å². The van der Waals surface area contributed by atoms with Crippen molar-refractivity contribution in [1.29, 1.82) is 0 Å². The summed E-state index contributed by atoms with van der Waals surface area (Å²) >= 11 is 3.60. The second-order valence-corrected chi connectivity index (χ2v) is 7.30. The molecule has 2 aromatic heterocycles. The van der Waals surface area contributed by atoms with Crippen LogP contribution in [0.15, 0.2) is 39.6 Å². The number of nitrogens with zero attached hydrogens (tertiary/aromatic N) is 1. The van der Waals surface area contributed by atoms with Crippen LogP contribution in [0, 0.1) is 0 Å². The lowest BCUT2D eigenvalue weighted by Crippen LogP contribution is -2.42. The van der Waals surface area contributed by atoms with E-state index in [1.54, 1.807) is 17.6 Å². The van der Waals surface area contributed by atoms with Gasteiger partial charge in [-0.3, -0.25) is 9.69 Å². The molecule has 1 amide bonds. The molecule has 0 bridgehead atoms. The van der Waals surface area contributed by atoms with Gasteiger partial charge in [0, 0.05) is 31.1 Å². The number of rotatable bonds is 6. The molecule has 1 saturated heterocycles. The molecule has 0 saturated carbocycles. The summed E-state index contributed by atoms with van der Waals surface area (Å²) in [6, 6.07) is 6.03. The van der Waals surface area contributed by atoms with Crippen LogP contribution >= 0.6 is 23.1 Å². The largest absolute Gasteiger partial charge is 0.468 e. The molecule has 3 rings (SSSR count). The molecule has 4 nitrogen and oxygen atoms in total. The highest BCUT2D eigenvalue weighted by molar-refractivity contribution is 7.99. The van der Waals surface area contributed by atoms with E-state index >= 15 is 0 Å². The SMILES string of the molecule is O=C(Cc1ccsc1)NC[C@@H](c1ccco1)N1CCSCC1. The summed E-state index contributed by atoms with van der Waals surface area (Å²) < 4.78 is 5.59. The van der Waals surface area contributed by atoms with Gasteiger partial charge in [0.05, 0.1) is 18.7 Å². The molecule has 0 aliphatic carbocycles. The highest BCUT2D eigenvalue weighted by atomic mass is 32.2. The number of thioether (sulfide) groups is 1. The van der Waals surface area contributed by atoms with Crippen molar-refractivity contribution in [3.05, 3.63) is 46.5 Å². The highest BCUT2D eigenvalue weighted by Gasteiger charge is 2.25. The third-order valence-corrected chi connectivity index (χ3v) is 5.47. The minimum Gasteiger partial charge on any atom is -0.468 e. The Balaban J connectivity index is 1.59. The number of nitrogens with one attached hydrogen (secondary N) is 1. The van der Waals surface area contributed by atoms with Gasteiger partial charge < -0.3 is 9.73 Å². The lowest BCUT2D eigenvalue weighted by atomic mass is 10.1. The molecule has 0 unspecified atom stereocenters. The first-order valence-electron chi connectivity index (χ1n) is 7.46. The van der Waals surface area contributed by atoms with Gasteiger partial charge in [-0.25, -0.2) is 0 Å². The maximum Gasteiger partial charge on any atom is 0.224 e. The molecule has 0 spiro atoms. The first kappa shape index (κ1) is 15.6. The molecule has 0 aromatic carbocycles. The summed E-state index contributed by atoms with van der Waals surface area (Å²) in [7, 11) is 0. The fraction of sp³-hybridized carbons (Fsp3) is 0.438. The minimum atomic E-state index is 0.0707. The van der Waals surface area contributed by atoms with Crippen molar-refractivity contribution in [2.24, 2.45) is 0 Å². The zero-order valence-corrected chi connectivity index (χ0v) is 14.0. The quantitative estimate of drug-likeness (QED) is 0.881. The van der Waals surface area contributed by atoms with Crippen LogP contribution in [0.5, 0.6) is 0 Å². The lowest BCUT2D eigenvalue weighted by molar-refractivity contribution is -0.120. The van der Waals surface area contributed by atoms with Gasteiger partial charge in [-0.2, -0.15) is 23.1 Å². The second-order valence-electron chi connectivity index (χ2n) is 5.29. The van der Waals surface area contributed by atoms with Gasteiger partial charge in [-0.05, 0) is 34.5 Å². The number of thiophene rings is 1. The second kappa shape index (κ2) is 7.85. The topological polar surface area (TPSA) is 45.5 Å². The van der Waals surface area contributed by atoms with E-state index in [1.807, 2.05) is 40.7 Å². The van der Waals surface area contributed by atoms with Gasteiger partial charge in [-0.1, -0.05) is 0 Å². The molecule has 2 aromatic rings. The highest BCUT2D eigenvalue weighted by Crippen LogP contribution is 2.24. The molecule has 1 aliphatic rings. The van der Waals surface area contributed by atoms with E-state index in [1.165, 1.54) is 0 Å². The maximum absolute atomic E-state index is 12.1. The lowest BCUT2D eigenvalue weighted by Gasteiger charge is -2.33. The van der Waals surface area contributed by atoms with Crippen LogP contribution in [-0.4, -0.2) is 41.9 Å². The van der Waals surface area contributed by atoms with E-state index in [4.69, 9.17) is 4.42 Å². The number of furan rings is 1. The van der Waals surface area contributed by atoms with Crippen LogP contribution in [0.4, 0.5) is 0 Å². The third kappa shape index (κ3) is 4.15. The molecule has 118 valence electrons. The van der Waals surface area contributed by atoms with Gasteiger partial charge in [-0.15, -0.1) is 0 Å². The van der Waals surface area contributed by atoms with E-state index in [2.05, 4.69) is 10.2 Å². The van der Waals surface area contributed by atoms with Crippen LogP contribution in [0.1, 0.15) is 17.4 Å². The Kier molecular flexibility index (Phi) is 5.58. The number of amides is 1. The molecule has 1 N–H and O–H groups in total. The van der Waals surface area contributed by atoms with Crippen molar-refractivity contribution < 1.29 is 9.21 Å². The van der Waals surface area contributed by atoms with Gasteiger partial charge in [0.15, 0.2) is 0 Å². The van der Waals surface area contributed by atoms with Crippen LogP contribution in [0.2, 0.25) is 0 Å². The van der Waals surface area contributed by atoms with Crippen LogP contribution in [0.25, 0.3) is 0 Å². The summed E-state index contributed by atoms with van der Waals surface area (Å²) in [5, 5.41) is 7.08. The fourth-order valence-electron chi connectivity index (χ4n) is 2.63. The Bertz CT molecular complexity index is 563. The zero-order chi connectivity index (χ0) is 15.2. The zero-order valence-electron chi connectivity index (χ0n) is 12.4. The van der Waals surface area contributed by atoms with E-state index in [0.717, 1.165) is 35.9 Å². The fourth-order valence-corrected chi connectivity index (χ4v) is 4.23. The summed E-state index contributed by atoms with van der Waals surface area (Å²) in [4.78, 5) is 14.5. The molecule has 1 aliphatic heterocycles. The predicted octanol–water partition coefficient (Wildman–Crippen LogP) is 2.79. The molecule has 0 radical (unpaired) electrons. The van der Waals surface area contributed by atoms with E-state index in [-0.39, 0.29) is 11.9 Å². The first-order valence-corrected chi connectivity index (χ1v) is 9.55. The Morgan fingerprint density at radius 2 is 2.23 bits per heavy atom. The average molecular weight is 336 g/mol. The van der Waals surface area contributed by atoms with Crippen molar-refractivity contribution in [2.45, 2.75) is 12.5 Å². The normalized spacial score (nSPS) is 17.3. The van der Waals surface area contributed by atoms with Crippen LogP contribution < -0.4 is 5.32 Å². The third-order valence-electron chi connectivity index (χ3n) is 3.80. The maximum atomic E-state index is 12.1. The molecule has 6 heteroatoms. The summed E-state index contributed by atoms with van der Waals surface area (Å²) in [5.74, 6) is 3.28. The van der Waals surface area contributed by atoms with Gasteiger partial charge in [0.25, 0.3) is 0 Å². The molecule has 1 atom stereocenters. The van der Waals surface area contributed by atoms with E-state index in [0.29, 0.717) is 13.0 Å². The van der Waals surface area contributed by atoms with E-state index < -0.39 is 0 Å². The minimum absolute atomic E-state index is 0.0707. The number of hydrogen-bond donors (Lipinski definition) is 1. The van der Waals surface area contributed by atoms with E-state index in [9.17, 15) is 4.79 Å². The smallest absolute Gasteiger partial charge is 0.224 e. The van der Waals surface area contributed by atoms with Gasteiger partial charge >= 0.3 is 0 Å². The summed E-state index contributed by atoms with van der Waals surface area (Å²) in [6.45, 7) is 2.67. The molecule has 1 fully saturated rings. The average Bonchev–Trinajstić information content (AvgIpc) is 3.22. The number of carbonyl (C=O) groups excluding carboxylic acids is 1. The van der Waals surface area contributed by atoms with Crippen molar-refractivity contribution in [3.63, 3.8) is 0 Å². The van der Waals surface area contributed by atoms with Crippen LogP contribution in [-0.2, 0) is 11.2 Å². The van der Waals surface area contributed by atoms with Crippen molar-refractivity contribution in [2.75, 3.05) is 31.1 Å². The standard InChI is InChI=1S/C16H20N2O2S2/c19-16(10-13-3-7-22-12-13)17-11-14(15-2-1-6-20-15)18-4-8-21-9-5-18/h1-3,6-7,12,14H,4-5,8-11H2,(H,17,19)/t14-/m0/s1. The Hall–Kier alpha value is -1.24. The monoisotopic (exact) mass is 336 g/mol. The Morgan fingerprint density at radius 3 is 2.91 bits per heavy atom. The van der Waals surface area contributed by atoms with Crippen molar-refractivity contribution in [3.8, 4) is 0 Å². The summed E-state index contributed by atoms with van der Waals surface area (Å²) in [6.07, 6.45) is 2.15. The molecular weight excluding hydrogens is 316 g/mol. The van der Waals surface area contributed by atoms with Crippen LogP contribution in [0.3, 0.4) is 0 Å². The number of hydrogen-bond acceptors (Lipinski definition) is 5. The van der Waals surface area contributed by atoms with Gasteiger partial charge in [0.2, 0.25) is 5.91 Å².